The van der Waals surface area contributed by atoms with Crippen LogP contribution in [0.4, 0.5) is 10.3 Å². The van der Waals surface area contributed by atoms with Gasteiger partial charge in [0, 0.05) is 16.5 Å². The van der Waals surface area contributed by atoms with E-state index in [0.29, 0.717) is 16.0 Å². The topological polar surface area (TPSA) is 82.8 Å². The van der Waals surface area contributed by atoms with E-state index in [-0.39, 0.29) is 11.6 Å². The number of hydrogen-bond acceptors (Lipinski definition) is 8. The van der Waals surface area contributed by atoms with E-state index < -0.39 is 0 Å². The lowest BCUT2D eigenvalue weighted by atomic mass is 10.1. The Hall–Kier alpha value is -3.21. The fourth-order valence-electron chi connectivity index (χ4n) is 2.93. The lowest BCUT2D eigenvalue weighted by Gasteiger charge is -2.06. The Bertz CT molecular complexity index is 1300. The average Bonchev–Trinajstić information content (AvgIpc) is 3.53. The molecule has 2 aromatic carbocycles. The molecule has 31 heavy (non-hydrogen) atoms. The van der Waals surface area contributed by atoms with Gasteiger partial charge in [-0.2, -0.15) is 15.2 Å². The van der Waals surface area contributed by atoms with Gasteiger partial charge in [-0.25, -0.2) is 9.97 Å². The summed E-state index contributed by atoms with van der Waals surface area (Å²) < 4.78 is 0.864. The zero-order chi connectivity index (χ0) is 21.2. The highest BCUT2D eigenvalue weighted by Crippen LogP contribution is 2.30. The Morgan fingerprint density at radius 3 is 2.39 bits per heavy atom. The van der Waals surface area contributed by atoms with Crippen molar-refractivity contribution >= 4 is 66.2 Å². The van der Waals surface area contributed by atoms with E-state index in [2.05, 4.69) is 41.5 Å². The Balaban J connectivity index is 1.51. The van der Waals surface area contributed by atoms with E-state index in [1.165, 1.54) is 27.7 Å². The molecular weight excluding hydrogens is 496 g/mol. The van der Waals surface area contributed by atoms with E-state index in [0.717, 1.165) is 20.6 Å². The van der Waals surface area contributed by atoms with Gasteiger partial charge in [0.05, 0.1) is 15.7 Å². The number of rotatable bonds is 5. The second kappa shape index (κ2) is 8.50. The molecule has 7 nitrogen and oxygen atoms in total. The van der Waals surface area contributed by atoms with Crippen LogP contribution in [-0.4, -0.2) is 27.3 Å². The lowest BCUT2D eigenvalue weighted by Crippen LogP contribution is -2.28. The van der Waals surface area contributed by atoms with Crippen LogP contribution in [0.1, 0.15) is 5.56 Å². The van der Waals surface area contributed by atoms with Crippen LogP contribution in [0.15, 0.2) is 86.2 Å². The third-order valence-corrected chi connectivity index (χ3v) is 6.55. The van der Waals surface area contributed by atoms with Crippen molar-refractivity contribution in [2.75, 3.05) is 10.4 Å². The van der Waals surface area contributed by atoms with Crippen molar-refractivity contribution in [3.63, 3.8) is 0 Å². The molecular formula is C21H13BrN6OS2. The summed E-state index contributed by atoms with van der Waals surface area (Å²) in [4.78, 5) is 22.1. The Morgan fingerprint density at radius 1 is 1.00 bits per heavy atom. The zero-order valence-corrected chi connectivity index (χ0v) is 19.0. The van der Waals surface area contributed by atoms with Crippen molar-refractivity contribution in [2.24, 2.45) is 10.2 Å². The fourth-order valence-corrected chi connectivity index (χ4v) is 4.76. The third kappa shape index (κ3) is 4.05. The van der Waals surface area contributed by atoms with Crippen LogP contribution >= 0.6 is 38.6 Å². The Kier molecular flexibility index (Phi) is 5.41. The third-order valence-electron chi connectivity index (χ3n) is 4.35. The van der Waals surface area contributed by atoms with Gasteiger partial charge in [0.1, 0.15) is 5.71 Å². The lowest BCUT2D eigenvalue weighted by molar-refractivity contribution is -0.112. The molecule has 1 aliphatic heterocycles. The van der Waals surface area contributed by atoms with Gasteiger partial charge in [-0.15, -0.1) is 11.3 Å². The maximum absolute atomic E-state index is 13.2. The number of hydrogen-bond donors (Lipinski definition) is 1. The van der Waals surface area contributed by atoms with Crippen LogP contribution in [-0.2, 0) is 4.79 Å². The molecule has 0 spiro atoms. The molecule has 152 valence electrons. The molecule has 10 heteroatoms. The van der Waals surface area contributed by atoms with Crippen molar-refractivity contribution in [2.45, 2.75) is 0 Å². The van der Waals surface area contributed by atoms with Crippen molar-refractivity contribution in [3.8, 4) is 11.3 Å². The van der Waals surface area contributed by atoms with Crippen LogP contribution < -0.4 is 10.4 Å². The highest BCUT2D eigenvalue weighted by Gasteiger charge is 2.35. The molecule has 0 unspecified atom stereocenters. The number of carbonyl (C=O) groups excluding carboxylic acids is 1. The fraction of sp³-hybridized carbons (Fsp3) is 0. The number of benzene rings is 2. The average molecular weight is 509 g/mol. The normalized spacial score (nSPS) is 14.9. The summed E-state index contributed by atoms with van der Waals surface area (Å²) in [6, 6.07) is 19.3. The first-order valence-electron chi connectivity index (χ1n) is 9.14. The number of nitrogens with one attached hydrogen (secondary N) is 1. The quantitative estimate of drug-likeness (QED) is 0.373. The summed E-state index contributed by atoms with van der Waals surface area (Å²) in [6.45, 7) is 0. The number of amides is 1. The minimum absolute atomic E-state index is 0.203. The molecule has 3 heterocycles. The van der Waals surface area contributed by atoms with Crippen LogP contribution in [0.25, 0.3) is 11.3 Å². The van der Waals surface area contributed by atoms with Crippen LogP contribution in [0.2, 0.25) is 0 Å². The molecule has 0 saturated carbocycles. The smallest absolute Gasteiger partial charge is 0.265 e. The highest BCUT2D eigenvalue weighted by molar-refractivity contribution is 9.11. The molecule has 4 aromatic rings. The first-order valence-corrected chi connectivity index (χ1v) is 11.6. The van der Waals surface area contributed by atoms with Crippen LogP contribution in [0, 0.1) is 0 Å². The first kappa shape index (κ1) is 19.7. The van der Waals surface area contributed by atoms with E-state index in [4.69, 9.17) is 0 Å². The summed E-state index contributed by atoms with van der Waals surface area (Å²) in [5.41, 5.74) is 6.10. The molecule has 0 fully saturated rings. The molecule has 2 aromatic heterocycles. The number of carbonyl (C=O) groups is 1. The number of nitrogens with zero attached hydrogens (tertiary/aromatic N) is 5. The van der Waals surface area contributed by atoms with Gasteiger partial charge in [0.25, 0.3) is 0 Å². The predicted molar refractivity (Wildman–Crippen MR) is 129 cm³/mol. The van der Waals surface area contributed by atoms with E-state index in [9.17, 15) is 4.79 Å². The minimum atomic E-state index is -0.351. The van der Waals surface area contributed by atoms with Gasteiger partial charge in [-0.3, -0.25) is 10.2 Å². The molecule has 1 amide bonds. The van der Waals surface area contributed by atoms with Crippen molar-refractivity contribution in [3.05, 3.63) is 81.6 Å². The maximum atomic E-state index is 13.2. The van der Waals surface area contributed by atoms with E-state index >= 15 is 0 Å². The van der Waals surface area contributed by atoms with Gasteiger partial charge in [0.15, 0.2) is 5.71 Å². The molecule has 0 radical (unpaired) electrons. The highest BCUT2D eigenvalue weighted by atomic mass is 79.9. The summed E-state index contributed by atoms with van der Waals surface area (Å²) in [6.07, 6.45) is 1.67. The van der Waals surface area contributed by atoms with Gasteiger partial charge in [-0.05, 0) is 15.9 Å². The molecule has 0 saturated heterocycles. The minimum Gasteiger partial charge on any atom is -0.265 e. The van der Waals surface area contributed by atoms with Crippen LogP contribution in [0.5, 0.6) is 0 Å². The molecule has 1 N–H and O–H groups in total. The van der Waals surface area contributed by atoms with Gasteiger partial charge in [0.2, 0.25) is 10.3 Å². The Labute approximate surface area is 193 Å². The van der Waals surface area contributed by atoms with E-state index in [1.54, 1.807) is 6.20 Å². The molecule has 0 bridgehead atoms. The second-order valence-corrected chi connectivity index (χ2v) is 9.60. The molecule has 0 aliphatic carbocycles. The monoisotopic (exact) mass is 508 g/mol. The SMILES string of the molecule is O=C1/C(=N/Nc2ncc(Br)s2)C(c2ccccc2)=NN1c1nc(-c2ccccc2)cs1. The predicted octanol–water partition coefficient (Wildman–Crippen LogP) is 5.25. The summed E-state index contributed by atoms with van der Waals surface area (Å²) >= 11 is 6.11. The maximum Gasteiger partial charge on any atom is 0.303 e. The van der Waals surface area contributed by atoms with Crippen molar-refractivity contribution in [1.82, 2.24) is 9.97 Å². The van der Waals surface area contributed by atoms with Gasteiger partial charge >= 0.3 is 5.91 Å². The number of anilines is 2. The number of aromatic nitrogens is 2. The summed E-state index contributed by atoms with van der Waals surface area (Å²) in [7, 11) is 0. The van der Waals surface area contributed by atoms with Crippen molar-refractivity contribution < 1.29 is 4.79 Å². The largest absolute Gasteiger partial charge is 0.303 e. The number of halogens is 1. The number of thiazole rings is 2. The molecule has 5 rings (SSSR count). The first-order chi connectivity index (χ1) is 15.2. The molecule has 0 atom stereocenters. The van der Waals surface area contributed by atoms with Gasteiger partial charge < -0.3 is 0 Å². The standard InChI is InChI=1S/C21H13BrN6OS2/c22-16-11-23-20(31-16)26-25-18-17(14-9-5-2-6-10-14)27-28(19(18)29)21-24-15(12-30-21)13-7-3-1-4-8-13/h1-12H,(H,23,26)/b25-18+. The summed E-state index contributed by atoms with van der Waals surface area (Å²) in [5.74, 6) is -0.351. The second-order valence-electron chi connectivity index (χ2n) is 6.35. The zero-order valence-electron chi connectivity index (χ0n) is 15.8. The Morgan fingerprint density at radius 2 is 1.71 bits per heavy atom. The van der Waals surface area contributed by atoms with Crippen LogP contribution in [0.3, 0.4) is 0 Å². The van der Waals surface area contributed by atoms with Crippen molar-refractivity contribution in [1.29, 1.82) is 0 Å². The summed E-state index contributed by atoms with van der Waals surface area (Å²) in [5, 5.41) is 13.2. The van der Waals surface area contributed by atoms with Gasteiger partial charge in [-0.1, -0.05) is 72.0 Å². The number of hydrazone groups is 2. The molecule has 1 aliphatic rings. The van der Waals surface area contributed by atoms with E-state index in [1.807, 2.05) is 66.0 Å².